The minimum absolute atomic E-state index is 0.00902. The number of hydrogen-bond donors (Lipinski definition) is 1. The van der Waals surface area contributed by atoms with Crippen molar-refractivity contribution in [3.05, 3.63) is 23.9 Å². The number of hydrogen-bond acceptors (Lipinski definition) is 4. The van der Waals surface area contributed by atoms with Crippen LogP contribution in [0.2, 0.25) is 0 Å². The van der Waals surface area contributed by atoms with Gasteiger partial charge in [-0.15, -0.1) is 0 Å². The van der Waals surface area contributed by atoms with E-state index in [9.17, 15) is 0 Å². The lowest BCUT2D eigenvalue weighted by Crippen LogP contribution is -2.53. The van der Waals surface area contributed by atoms with Crippen molar-refractivity contribution in [3.63, 3.8) is 0 Å². The molecule has 0 saturated carbocycles. The Hall–Kier alpha value is -1.13. The van der Waals surface area contributed by atoms with E-state index in [4.69, 9.17) is 4.74 Å². The van der Waals surface area contributed by atoms with Crippen LogP contribution in [0.15, 0.2) is 18.3 Å². The van der Waals surface area contributed by atoms with Crippen LogP contribution in [0, 0.1) is 0 Å². The van der Waals surface area contributed by atoms with Crippen molar-refractivity contribution in [2.45, 2.75) is 25.9 Å². The van der Waals surface area contributed by atoms with E-state index in [0.29, 0.717) is 0 Å². The molecule has 1 aliphatic heterocycles. The Morgan fingerprint density at radius 1 is 1.53 bits per heavy atom. The van der Waals surface area contributed by atoms with Gasteiger partial charge in [0.05, 0.1) is 18.8 Å². The molecule has 0 aliphatic carbocycles. The van der Waals surface area contributed by atoms with Crippen LogP contribution < -0.4 is 10.2 Å². The van der Waals surface area contributed by atoms with Gasteiger partial charge in [-0.3, -0.25) is 0 Å². The standard InChI is InChI=1S/C13H21N3O/c1-13(2)10-17-8-7-16(13)12-11(9-14-3)5-4-6-15-12/h4-6,14H,7-10H2,1-3H3. The van der Waals surface area contributed by atoms with Crippen LogP contribution in [0.25, 0.3) is 0 Å². The molecule has 0 amide bonds. The van der Waals surface area contributed by atoms with Crippen molar-refractivity contribution in [3.8, 4) is 0 Å². The first kappa shape index (κ1) is 12.3. The third kappa shape index (κ3) is 2.58. The smallest absolute Gasteiger partial charge is 0.133 e. The summed E-state index contributed by atoms with van der Waals surface area (Å²) in [5, 5.41) is 3.19. The summed E-state index contributed by atoms with van der Waals surface area (Å²) < 4.78 is 5.55. The van der Waals surface area contributed by atoms with Crippen LogP contribution in [0.1, 0.15) is 19.4 Å². The molecular formula is C13H21N3O. The molecule has 1 aromatic heterocycles. The highest BCUT2D eigenvalue weighted by atomic mass is 16.5. The predicted octanol–water partition coefficient (Wildman–Crippen LogP) is 1.42. The van der Waals surface area contributed by atoms with E-state index in [-0.39, 0.29) is 5.54 Å². The summed E-state index contributed by atoms with van der Waals surface area (Å²) in [6, 6.07) is 4.12. The molecule has 1 aliphatic rings. The monoisotopic (exact) mass is 235 g/mol. The van der Waals surface area contributed by atoms with E-state index in [2.05, 4.69) is 35.1 Å². The van der Waals surface area contributed by atoms with Gasteiger partial charge in [0.1, 0.15) is 5.82 Å². The fraction of sp³-hybridized carbons (Fsp3) is 0.615. The average molecular weight is 235 g/mol. The summed E-state index contributed by atoms with van der Waals surface area (Å²) in [7, 11) is 1.96. The molecule has 0 unspecified atom stereocenters. The van der Waals surface area contributed by atoms with Crippen LogP contribution in [-0.2, 0) is 11.3 Å². The van der Waals surface area contributed by atoms with Gasteiger partial charge in [0.2, 0.25) is 0 Å². The molecule has 1 fully saturated rings. The number of ether oxygens (including phenoxy) is 1. The Balaban J connectivity index is 2.31. The Labute approximate surface area is 103 Å². The third-order valence-electron chi connectivity index (χ3n) is 3.14. The molecule has 2 rings (SSSR count). The third-order valence-corrected chi connectivity index (χ3v) is 3.14. The van der Waals surface area contributed by atoms with Crippen LogP contribution >= 0.6 is 0 Å². The SMILES string of the molecule is CNCc1cccnc1N1CCOCC1(C)C. The zero-order chi connectivity index (χ0) is 12.3. The maximum Gasteiger partial charge on any atom is 0.133 e. The molecule has 0 atom stereocenters. The minimum Gasteiger partial charge on any atom is -0.377 e. The van der Waals surface area contributed by atoms with Crippen molar-refractivity contribution in [1.82, 2.24) is 10.3 Å². The number of aromatic nitrogens is 1. The topological polar surface area (TPSA) is 37.4 Å². The first-order valence-corrected chi connectivity index (χ1v) is 6.09. The quantitative estimate of drug-likeness (QED) is 0.859. The Morgan fingerprint density at radius 2 is 2.35 bits per heavy atom. The number of pyridine rings is 1. The van der Waals surface area contributed by atoms with Crippen molar-refractivity contribution in [2.75, 3.05) is 31.7 Å². The highest BCUT2D eigenvalue weighted by molar-refractivity contribution is 5.49. The predicted molar refractivity (Wildman–Crippen MR) is 69.2 cm³/mol. The molecule has 0 spiro atoms. The van der Waals surface area contributed by atoms with Crippen molar-refractivity contribution >= 4 is 5.82 Å². The maximum absolute atomic E-state index is 5.55. The first-order chi connectivity index (χ1) is 8.15. The van der Waals surface area contributed by atoms with Gasteiger partial charge in [0.15, 0.2) is 0 Å². The first-order valence-electron chi connectivity index (χ1n) is 6.09. The van der Waals surface area contributed by atoms with Crippen molar-refractivity contribution in [2.24, 2.45) is 0 Å². The van der Waals surface area contributed by atoms with Gasteiger partial charge >= 0.3 is 0 Å². The van der Waals surface area contributed by atoms with Gasteiger partial charge in [-0.25, -0.2) is 4.98 Å². The molecule has 94 valence electrons. The molecule has 0 aromatic carbocycles. The summed E-state index contributed by atoms with van der Waals surface area (Å²) in [5.41, 5.74) is 1.25. The summed E-state index contributed by atoms with van der Waals surface area (Å²) in [4.78, 5) is 6.90. The molecule has 1 aromatic rings. The van der Waals surface area contributed by atoms with E-state index in [1.807, 2.05) is 19.3 Å². The molecule has 0 radical (unpaired) electrons. The molecule has 17 heavy (non-hydrogen) atoms. The second kappa shape index (κ2) is 5.02. The molecule has 4 heteroatoms. The second-order valence-corrected chi connectivity index (χ2v) is 5.03. The lowest BCUT2D eigenvalue weighted by molar-refractivity contribution is 0.0638. The van der Waals surface area contributed by atoms with Gasteiger partial charge in [-0.05, 0) is 27.0 Å². The number of anilines is 1. The van der Waals surface area contributed by atoms with Crippen LogP contribution in [-0.4, -0.2) is 37.3 Å². The van der Waals surface area contributed by atoms with E-state index in [1.165, 1.54) is 5.56 Å². The largest absolute Gasteiger partial charge is 0.377 e. The summed E-state index contributed by atoms with van der Waals surface area (Å²) in [6.07, 6.45) is 1.86. The normalized spacial score (nSPS) is 19.4. The fourth-order valence-corrected chi connectivity index (χ4v) is 2.25. The van der Waals surface area contributed by atoms with Crippen LogP contribution in [0.4, 0.5) is 5.82 Å². The molecule has 1 saturated heterocycles. The second-order valence-electron chi connectivity index (χ2n) is 5.03. The van der Waals surface area contributed by atoms with Crippen molar-refractivity contribution < 1.29 is 4.74 Å². The Morgan fingerprint density at radius 3 is 3.06 bits per heavy atom. The molecule has 4 nitrogen and oxygen atoms in total. The van der Waals surface area contributed by atoms with Crippen molar-refractivity contribution in [1.29, 1.82) is 0 Å². The van der Waals surface area contributed by atoms with Gasteiger partial charge in [0.25, 0.3) is 0 Å². The highest BCUT2D eigenvalue weighted by Crippen LogP contribution is 2.27. The Bertz CT molecular complexity index is 379. The van der Waals surface area contributed by atoms with Gasteiger partial charge < -0.3 is 15.0 Å². The molecule has 2 heterocycles. The van der Waals surface area contributed by atoms with E-state index >= 15 is 0 Å². The molecule has 0 bridgehead atoms. The fourth-order valence-electron chi connectivity index (χ4n) is 2.25. The van der Waals surface area contributed by atoms with Crippen LogP contribution in [0.5, 0.6) is 0 Å². The van der Waals surface area contributed by atoms with E-state index in [1.54, 1.807) is 0 Å². The van der Waals surface area contributed by atoms with Gasteiger partial charge in [-0.2, -0.15) is 0 Å². The zero-order valence-electron chi connectivity index (χ0n) is 10.9. The van der Waals surface area contributed by atoms with E-state index in [0.717, 1.165) is 32.1 Å². The van der Waals surface area contributed by atoms with Gasteiger partial charge in [0, 0.05) is 24.8 Å². The number of nitrogens with zero attached hydrogens (tertiary/aromatic N) is 2. The molecular weight excluding hydrogens is 214 g/mol. The summed E-state index contributed by atoms with van der Waals surface area (Å²) >= 11 is 0. The summed E-state index contributed by atoms with van der Waals surface area (Å²) in [5.74, 6) is 1.08. The Kier molecular flexibility index (Phi) is 3.64. The minimum atomic E-state index is 0.00902. The summed E-state index contributed by atoms with van der Waals surface area (Å²) in [6.45, 7) is 7.67. The number of nitrogens with one attached hydrogen (secondary N) is 1. The van der Waals surface area contributed by atoms with Gasteiger partial charge in [-0.1, -0.05) is 6.07 Å². The highest BCUT2D eigenvalue weighted by Gasteiger charge is 2.32. The van der Waals surface area contributed by atoms with Crippen LogP contribution in [0.3, 0.4) is 0 Å². The lowest BCUT2D eigenvalue weighted by atomic mass is 10.0. The lowest BCUT2D eigenvalue weighted by Gasteiger charge is -2.43. The van der Waals surface area contributed by atoms with E-state index < -0.39 is 0 Å². The molecule has 1 N–H and O–H groups in total. The number of morpholine rings is 1. The maximum atomic E-state index is 5.55. The number of rotatable bonds is 3. The average Bonchev–Trinajstić information content (AvgIpc) is 2.30. The zero-order valence-corrected chi connectivity index (χ0v) is 10.9.